The molecule has 1 atom stereocenters. The first-order chi connectivity index (χ1) is 13.0. The summed E-state index contributed by atoms with van der Waals surface area (Å²) >= 11 is 0. The summed E-state index contributed by atoms with van der Waals surface area (Å²) in [4.78, 5) is 37.2. The first-order valence-electron chi connectivity index (χ1n) is 10.3. The largest absolute Gasteiger partial charge is 0.368 e. The van der Waals surface area contributed by atoms with Gasteiger partial charge in [-0.15, -0.1) is 0 Å². The van der Waals surface area contributed by atoms with Gasteiger partial charge in [0.25, 0.3) is 11.5 Å². The van der Waals surface area contributed by atoms with Gasteiger partial charge in [0.15, 0.2) is 0 Å². The van der Waals surface area contributed by atoms with Crippen LogP contribution >= 0.6 is 0 Å². The van der Waals surface area contributed by atoms with E-state index in [2.05, 4.69) is 23.7 Å². The smallest absolute Gasteiger partial charge is 0.254 e. The molecule has 1 unspecified atom stereocenters. The van der Waals surface area contributed by atoms with Crippen LogP contribution in [0.5, 0.6) is 0 Å². The third kappa shape index (κ3) is 3.80. The maximum absolute atomic E-state index is 12.6. The molecule has 0 radical (unpaired) electrons. The van der Waals surface area contributed by atoms with E-state index < -0.39 is 0 Å². The number of H-pyrrole nitrogens is 1. The van der Waals surface area contributed by atoms with Gasteiger partial charge in [-0.1, -0.05) is 0 Å². The van der Waals surface area contributed by atoms with Gasteiger partial charge < -0.3 is 14.6 Å². The summed E-state index contributed by atoms with van der Waals surface area (Å²) in [5.74, 6) is 1.14. The van der Waals surface area contributed by atoms with E-state index in [1.807, 2.05) is 4.90 Å². The second kappa shape index (κ2) is 7.72. The molecule has 1 aromatic heterocycles. The summed E-state index contributed by atoms with van der Waals surface area (Å²) in [6.45, 7) is 8.14. The molecule has 1 amide bonds. The van der Waals surface area contributed by atoms with Gasteiger partial charge >= 0.3 is 0 Å². The van der Waals surface area contributed by atoms with Crippen molar-refractivity contribution in [2.45, 2.75) is 70.6 Å². The number of fused-ring (bicyclic) bond motifs is 1. The number of nitrogens with zero attached hydrogens (tertiary/aromatic N) is 3. The summed E-state index contributed by atoms with van der Waals surface area (Å²) in [5, 5.41) is 0. The van der Waals surface area contributed by atoms with Crippen LogP contribution in [-0.2, 0) is 22.5 Å². The summed E-state index contributed by atoms with van der Waals surface area (Å²) in [5.41, 5.74) is 1.81. The Morgan fingerprint density at radius 3 is 2.67 bits per heavy atom. The number of carbonyl (C=O) groups is 1. The van der Waals surface area contributed by atoms with E-state index in [0.29, 0.717) is 25.7 Å². The first kappa shape index (κ1) is 18.6. The van der Waals surface area contributed by atoms with Crippen LogP contribution < -0.4 is 5.56 Å². The van der Waals surface area contributed by atoms with E-state index in [1.54, 1.807) is 0 Å². The summed E-state index contributed by atoms with van der Waals surface area (Å²) in [7, 11) is 0. The first-order valence-corrected chi connectivity index (χ1v) is 10.3. The van der Waals surface area contributed by atoms with E-state index in [1.165, 1.54) is 0 Å². The van der Waals surface area contributed by atoms with Crippen LogP contribution in [-0.4, -0.2) is 64.1 Å². The molecular weight excluding hydrogens is 344 g/mol. The van der Waals surface area contributed by atoms with Crippen LogP contribution in [0.4, 0.5) is 0 Å². The van der Waals surface area contributed by atoms with E-state index in [9.17, 15) is 9.59 Å². The lowest BCUT2D eigenvalue weighted by atomic mass is 9.94. The van der Waals surface area contributed by atoms with Crippen LogP contribution in [0, 0.1) is 0 Å². The van der Waals surface area contributed by atoms with Gasteiger partial charge in [0, 0.05) is 50.3 Å². The van der Waals surface area contributed by atoms with Gasteiger partial charge in [-0.05, 0) is 46.0 Å². The number of ether oxygens (including phenoxy) is 1. The number of hydrogen-bond acceptors (Lipinski definition) is 5. The van der Waals surface area contributed by atoms with Gasteiger partial charge in [0.2, 0.25) is 0 Å². The monoisotopic (exact) mass is 374 g/mol. The van der Waals surface area contributed by atoms with Crippen LogP contribution in [0.1, 0.15) is 62.5 Å². The Bertz CT molecular complexity index is 746. The lowest BCUT2D eigenvalue weighted by Gasteiger charge is -2.34. The predicted molar refractivity (Wildman–Crippen MR) is 102 cm³/mol. The molecule has 27 heavy (non-hydrogen) atoms. The zero-order valence-corrected chi connectivity index (χ0v) is 16.4. The van der Waals surface area contributed by atoms with Gasteiger partial charge in [-0.25, -0.2) is 4.98 Å². The molecule has 7 heteroatoms. The molecule has 4 heterocycles. The van der Waals surface area contributed by atoms with Crippen molar-refractivity contribution in [3.63, 3.8) is 0 Å². The van der Waals surface area contributed by atoms with Crippen molar-refractivity contribution in [1.29, 1.82) is 0 Å². The molecule has 0 spiro atoms. The minimum absolute atomic E-state index is 0.0243. The SMILES string of the molecule is CC(C)N1CCc2c(nc(C3CCN(C(=O)C4CCCO4)CC3)[nH]c2=O)C1. The van der Waals surface area contributed by atoms with E-state index >= 15 is 0 Å². The molecule has 1 aromatic rings. The van der Waals surface area contributed by atoms with Crippen LogP contribution in [0.3, 0.4) is 0 Å². The number of hydrogen-bond donors (Lipinski definition) is 1. The number of aromatic nitrogens is 2. The summed E-state index contributed by atoms with van der Waals surface area (Å²) in [6, 6.07) is 0.453. The van der Waals surface area contributed by atoms with Crippen molar-refractivity contribution in [2.24, 2.45) is 0 Å². The molecule has 3 aliphatic rings. The van der Waals surface area contributed by atoms with Crippen molar-refractivity contribution in [3.8, 4) is 0 Å². The topological polar surface area (TPSA) is 78.5 Å². The Balaban J connectivity index is 1.44. The van der Waals surface area contributed by atoms with Crippen LogP contribution in [0.2, 0.25) is 0 Å². The number of likely N-dealkylation sites (tertiary alicyclic amines) is 1. The maximum atomic E-state index is 12.6. The highest BCUT2D eigenvalue weighted by molar-refractivity contribution is 5.81. The fourth-order valence-corrected chi connectivity index (χ4v) is 4.46. The zero-order valence-electron chi connectivity index (χ0n) is 16.4. The highest BCUT2D eigenvalue weighted by Gasteiger charge is 2.32. The highest BCUT2D eigenvalue weighted by Crippen LogP contribution is 2.28. The lowest BCUT2D eigenvalue weighted by molar-refractivity contribution is -0.142. The molecule has 0 aromatic carbocycles. The fraction of sp³-hybridized carbons (Fsp3) is 0.750. The predicted octanol–water partition coefficient (Wildman–Crippen LogP) is 1.42. The normalized spacial score (nSPS) is 24.4. The van der Waals surface area contributed by atoms with Crippen molar-refractivity contribution in [3.05, 3.63) is 27.4 Å². The molecule has 0 aliphatic carbocycles. The summed E-state index contributed by atoms with van der Waals surface area (Å²) in [6.07, 6.45) is 4.02. The maximum Gasteiger partial charge on any atom is 0.254 e. The third-order valence-electron chi connectivity index (χ3n) is 6.25. The Morgan fingerprint density at radius 1 is 1.22 bits per heavy atom. The summed E-state index contributed by atoms with van der Waals surface area (Å²) < 4.78 is 5.53. The molecule has 0 saturated carbocycles. The van der Waals surface area contributed by atoms with Crippen LogP contribution in [0.15, 0.2) is 4.79 Å². The number of nitrogens with one attached hydrogen (secondary N) is 1. The zero-order chi connectivity index (χ0) is 19.0. The van der Waals surface area contributed by atoms with Crippen molar-refractivity contribution < 1.29 is 9.53 Å². The average molecular weight is 374 g/mol. The van der Waals surface area contributed by atoms with Gasteiger partial charge in [-0.2, -0.15) is 0 Å². The van der Waals surface area contributed by atoms with E-state index in [4.69, 9.17) is 9.72 Å². The van der Waals surface area contributed by atoms with Crippen molar-refractivity contribution in [1.82, 2.24) is 19.8 Å². The molecule has 148 valence electrons. The third-order valence-corrected chi connectivity index (χ3v) is 6.25. The average Bonchev–Trinajstić information content (AvgIpc) is 3.22. The number of carbonyl (C=O) groups excluding carboxylic acids is 1. The van der Waals surface area contributed by atoms with Crippen LogP contribution in [0.25, 0.3) is 0 Å². The molecule has 2 fully saturated rings. The second-order valence-corrected chi connectivity index (χ2v) is 8.29. The fourth-order valence-electron chi connectivity index (χ4n) is 4.46. The molecule has 2 saturated heterocycles. The number of amides is 1. The standard InChI is InChI=1S/C20H30N4O3/c1-13(2)24-10-7-15-16(12-24)21-18(22-19(15)25)14-5-8-23(9-6-14)20(26)17-4-3-11-27-17/h13-14,17H,3-12H2,1-2H3,(H,21,22,25). The quantitative estimate of drug-likeness (QED) is 0.866. The second-order valence-electron chi connectivity index (χ2n) is 8.29. The van der Waals surface area contributed by atoms with Gasteiger partial charge in [-0.3, -0.25) is 14.5 Å². The van der Waals surface area contributed by atoms with Crippen molar-refractivity contribution >= 4 is 5.91 Å². The molecule has 1 N–H and O–H groups in total. The van der Waals surface area contributed by atoms with E-state index in [0.717, 1.165) is 62.3 Å². The van der Waals surface area contributed by atoms with Gasteiger partial charge in [0.1, 0.15) is 11.9 Å². The molecule has 3 aliphatic heterocycles. The van der Waals surface area contributed by atoms with Crippen molar-refractivity contribution in [2.75, 3.05) is 26.2 Å². The Labute approximate surface area is 160 Å². The molecule has 0 bridgehead atoms. The Morgan fingerprint density at radius 2 is 2.00 bits per heavy atom. The number of rotatable bonds is 3. The number of piperidine rings is 1. The highest BCUT2D eigenvalue weighted by atomic mass is 16.5. The minimum Gasteiger partial charge on any atom is -0.368 e. The molecular formula is C20H30N4O3. The minimum atomic E-state index is -0.245. The van der Waals surface area contributed by atoms with Gasteiger partial charge in [0.05, 0.1) is 5.69 Å². The van der Waals surface area contributed by atoms with E-state index in [-0.39, 0.29) is 23.5 Å². The lowest BCUT2D eigenvalue weighted by Crippen LogP contribution is -2.44. The number of aromatic amines is 1. The Hall–Kier alpha value is -1.73. The Kier molecular flexibility index (Phi) is 5.32. The molecule has 4 rings (SSSR count). The molecule has 7 nitrogen and oxygen atoms in total.